The monoisotopic (exact) mass is 285 g/mol. The largest absolute Gasteiger partial charge is 0.673 e. The van der Waals surface area contributed by atoms with Crippen LogP contribution in [-0.2, 0) is 0 Å². The fraction of sp³-hybridized carbons (Fsp3) is 0.500. The molecule has 1 N–H and O–H groups in total. The second kappa shape index (κ2) is 11.0. The Balaban J connectivity index is 0. The van der Waals surface area contributed by atoms with Crippen molar-refractivity contribution < 1.29 is 22.4 Å². The first-order valence-corrected chi connectivity index (χ1v) is 5.70. The predicted molar refractivity (Wildman–Crippen MR) is 69.9 cm³/mol. The smallest absolute Gasteiger partial charge is 0.502 e. The summed E-state index contributed by atoms with van der Waals surface area (Å²) in [4.78, 5) is 2.12. The summed E-state index contributed by atoms with van der Waals surface area (Å²) < 4.78 is 39.0. The Morgan fingerprint density at radius 3 is 2.00 bits per heavy atom. The quantitative estimate of drug-likeness (QED) is 0.361. The fourth-order valence-electron chi connectivity index (χ4n) is 0.678. The van der Waals surface area contributed by atoms with Crippen molar-refractivity contribution in [2.75, 3.05) is 13.1 Å². The van der Waals surface area contributed by atoms with Gasteiger partial charge in [-0.1, -0.05) is 6.92 Å². The molecule has 1 rings (SSSR count). The molecule has 1 heterocycles. The van der Waals surface area contributed by atoms with Crippen LogP contribution in [0.5, 0.6) is 0 Å². The second-order valence-electron chi connectivity index (χ2n) is 3.00. The maximum absolute atomic E-state index is 9.75. The van der Waals surface area contributed by atoms with E-state index in [4.69, 9.17) is 5.11 Å². The molecule has 0 aromatic rings. The zero-order valence-corrected chi connectivity index (χ0v) is 11.1. The van der Waals surface area contributed by atoms with Crippen molar-refractivity contribution in [1.82, 2.24) is 4.90 Å². The maximum atomic E-state index is 9.75. The van der Waals surface area contributed by atoms with E-state index in [0.717, 1.165) is 13.1 Å². The molecule has 0 amide bonds. The van der Waals surface area contributed by atoms with Gasteiger partial charge in [-0.2, -0.15) is 0 Å². The molecular weight excluding hydrogens is 269 g/mol. The molecule has 0 aromatic carbocycles. The van der Waals surface area contributed by atoms with E-state index in [0.29, 0.717) is 6.42 Å². The van der Waals surface area contributed by atoms with Crippen LogP contribution in [0.2, 0.25) is 0 Å². The highest BCUT2D eigenvalue weighted by Gasteiger charge is 2.20. The molecule has 0 saturated heterocycles. The number of rotatable bonds is 2. The Hall–Kier alpha value is -1.14. The lowest BCUT2D eigenvalue weighted by atomic mass is 10.3. The van der Waals surface area contributed by atoms with E-state index >= 15 is 0 Å². The molecular formula is C10H16BF4NOS. The molecule has 2 nitrogen and oxygen atoms in total. The van der Waals surface area contributed by atoms with E-state index in [9.17, 15) is 17.3 Å². The minimum atomic E-state index is -6.00. The van der Waals surface area contributed by atoms with Gasteiger partial charge in [-0.15, -0.1) is 0 Å². The van der Waals surface area contributed by atoms with Crippen molar-refractivity contribution in [2.24, 2.45) is 0 Å². The van der Waals surface area contributed by atoms with Crippen molar-refractivity contribution in [3.05, 3.63) is 24.4 Å². The molecule has 0 aromatic heterocycles. The highest BCUT2D eigenvalue weighted by atomic mass is 32.1. The second-order valence-corrected chi connectivity index (χ2v) is 3.48. The van der Waals surface area contributed by atoms with Crippen LogP contribution >= 0.6 is 12.2 Å². The van der Waals surface area contributed by atoms with Crippen LogP contribution in [0.25, 0.3) is 0 Å². The number of allylic oxidation sites excluding steroid dienone is 2. The van der Waals surface area contributed by atoms with Crippen molar-refractivity contribution in [1.29, 1.82) is 0 Å². The third kappa shape index (κ3) is 24.2. The molecule has 18 heavy (non-hydrogen) atoms. The molecule has 0 aliphatic carbocycles. The molecule has 8 heteroatoms. The van der Waals surface area contributed by atoms with Gasteiger partial charge in [0, 0.05) is 19.0 Å². The topological polar surface area (TPSA) is 23.5 Å². The minimum Gasteiger partial charge on any atom is -0.502 e. The third-order valence-electron chi connectivity index (χ3n) is 1.50. The summed E-state index contributed by atoms with van der Waals surface area (Å²) >= 11 is 4.25. The van der Waals surface area contributed by atoms with E-state index in [-0.39, 0.29) is 5.05 Å². The Morgan fingerprint density at radius 2 is 1.83 bits per heavy atom. The van der Waals surface area contributed by atoms with Gasteiger partial charge in [0.05, 0.1) is 12.6 Å². The number of aliphatic hydroxyl groups excluding tert-OH is 1. The zero-order chi connectivity index (χ0) is 14.6. The molecule has 0 bridgehead atoms. The van der Waals surface area contributed by atoms with E-state index in [1.54, 1.807) is 0 Å². The number of nitrogens with zero attached hydrogens (tertiary/aromatic N) is 1. The molecule has 1 aliphatic rings. The SMILES string of the molecule is CCC(O)=S.CCN1[C+]=CC=CC1.F[B-](F)(F)F. The van der Waals surface area contributed by atoms with Gasteiger partial charge < -0.3 is 22.4 Å². The Kier molecular flexibility index (Phi) is 11.7. The summed E-state index contributed by atoms with van der Waals surface area (Å²) in [5, 5.41) is 8.18. The summed E-state index contributed by atoms with van der Waals surface area (Å²) in [5.74, 6) is 0. The van der Waals surface area contributed by atoms with Crippen molar-refractivity contribution in [3.63, 3.8) is 0 Å². The third-order valence-corrected chi connectivity index (χ3v) is 1.79. The van der Waals surface area contributed by atoms with Crippen molar-refractivity contribution in [3.8, 4) is 0 Å². The summed E-state index contributed by atoms with van der Waals surface area (Å²) in [6.07, 6.45) is 9.77. The van der Waals surface area contributed by atoms with Gasteiger partial charge in [0.25, 0.3) is 0 Å². The average molecular weight is 285 g/mol. The van der Waals surface area contributed by atoms with Gasteiger partial charge in [0.15, 0.2) is 17.3 Å². The van der Waals surface area contributed by atoms with E-state index in [2.05, 4.69) is 36.3 Å². The summed E-state index contributed by atoms with van der Waals surface area (Å²) in [7, 11) is -6.00. The van der Waals surface area contributed by atoms with Gasteiger partial charge in [-0.25, -0.2) is 4.90 Å². The Labute approximate surface area is 110 Å². The summed E-state index contributed by atoms with van der Waals surface area (Å²) in [6, 6.07) is 0. The van der Waals surface area contributed by atoms with E-state index in [1.807, 2.05) is 19.1 Å². The molecule has 0 saturated carbocycles. The zero-order valence-electron chi connectivity index (χ0n) is 10.2. The van der Waals surface area contributed by atoms with Crippen LogP contribution in [0.4, 0.5) is 17.3 Å². The summed E-state index contributed by atoms with van der Waals surface area (Å²) in [5.41, 5.74) is 0. The molecule has 0 radical (unpaired) electrons. The fourth-order valence-corrected chi connectivity index (χ4v) is 0.678. The highest BCUT2D eigenvalue weighted by molar-refractivity contribution is 7.80. The number of hydrogen-bond acceptors (Lipinski definition) is 2. The molecule has 104 valence electrons. The lowest BCUT2D eigenvalue weighted by Crippen LogP contribution is -2.18. The first-order chi connectivity index (χ1) is 8.20. The van der Waals surface area contributed by atoms with Crippen molar-refractivity contribution >= 4 is 24.5 Å². The number of aliphatic hydroxyl groups is 1. The normalized spacial score (nSPS) is 12.7. The van der Waals surface area contributed by atoms with Crippen LogP contribution < -0.4 is 0 Å². The lowest BCUT2D eigenvalue weighted by Gasteiger charge is -2.06. The molecule has 0 fully saturated rings. The molecule has 1 aliphatic heterocycles. The predicted octanol–water partition coefficient (Wildman–Crippen LogP) is 3.78. The van der Waals surface area contributed by atoms with Crippen LogP contribution in [0.1, 0.15) is 20.3 Å². The highest BCUT2D eigenvalue weighted by Crippen LogP contribution is 2.06. The molecule has 0 unspecified atom stereocenters. The Morgan fingerprint density at radius 1 is 1.39 bits per heavy atom. The van der Waals surface area contributed by atoms with Gasteiger partial charge in [-0.05, 0) is 19.1 Å². The molecule has 0 spiro atoms. The lowest BCUT2D eigenvalue weighted by molar-refractivity contribution is 0.368. The first kappa shape index (κ1) is 19.2. The Bertz CT molecular complexity index is 276. The number of likely N-dealkylation sites (N-methyl/N-ethyl adjacent to an activating group) is 1. The van der Waals surface area contributed by atoms with Gasteiger partial charge in [-0.3, -0.25) is 0 Å². The van der Waals surface area contributed by atoms with Gasteiger partial charge in [0.2, 0.25) is 0 Å². The average Bonchev–Trinajstić information content (AvgIpc) is 2.28. The van der Waals surface area contributed by atoms with Gasteiger partial charge >= 0.3 is 7.25 Å². The van der Waals surface area contributed by atoms with Crippen LogP contribution in [0.15, 0.2) is 18.2 Å². The first-order valence-electron chi connectivity index (χ1n) is 5.29. The van der Waals surface area contributed by atoms with Crippen LogP contribution in [0, 0.1) is 6.20 Å². The van der Waals surface area contributed by atoms with Crippen LogP contribution in [-0.4, -0.2) is 35.4 Å². The van der Waals surface area contributed by atoms with Crippen molar-refractivity contribution in [2.45, 2.75) is 20.3 Å². The summed E-state index contributed by atoms with van der Waals surface area (Å²) in [6.45, 7) is 6.01. The standard InChI is InChI=1S/C7H10N.C3H6OS.BF4/c1-2-8-6-4-3-5-7-8;1-2-3(4)5;2-1(3,4)5/h3-5H,2,6H2,1H3;2H2,1H3,(H,4,5);/q+1;;-1. The number of hydrogen-bond donors (Lipinski definition) is 1. The van der Waals surface area contributed by atoms with Gasteiger partial charge in [0.1, 0.15) is 0 Å². The van der Waals surface area contributed by atoms with E-state index < -0.39 is 7.25 Å². The number of thiocarbonyl (C=S) groups is 1. The van der Waals surface area contributed by atoms with Crippen LogP contribution in [0.3, 0.4) is 0 Å². The maximum Gasteiger partial charge on any atom is 0.673 e. The molecule has 0 atom stereocenters. The minimum absolute atomic E-state index is 0.0880. The number of halogens is 4. The van der Waals surface area contributed by atoms with E-state index in [1.165, 1.54) is 0 Å².